The maximum Gasteiger partial charge on any atom is 0.433 e. The van der Waals surface area contributed by atoms with Gasteiger partial charge in [0.2, 0.25) is 5.95 Å². The maximum absolute atomic E-state index is 13.1. The molecule has 7 nitrogen and oxygen atoms in total. The molecule has 0 aliphatic rings. The second-order valence-corrected chi connectivity index (χ2v) is 7.09. The van der Waals surface area contributed by atoms with E-state index in [1.165, 1.54) is 30.6 Å². The van der Waals surface area contributed by atoms with Crippen LogP contribution in [0.5, 0.6) is 0 Å². The number of pyridine rings is 3. The molecular weight excluding hydrogens is 488 g/mol. The van der Waals surface area contributed by atoms with Gasteiger partial charge in [0.25, 0.3) is 0 Å². The lowest BCUT2D eigenvalue weighted by Crippen LogP contribution is -2.10. The number of alkyl halides is 6. The molecule has 0 fully saturated rings. The molecule has 1 N–H and O–H groups in total. The highest BCUT2D eigenvalue weighted by Crippen LogP contribution is 2.31. The summed E-state index contributed by atoms with van der Waals surface area (Å²) in [5.74, 6) is -0.561. The Kier molecular flexibility index (Phi) is 6.04. The number of nitrogens with one attached hydrogen (secondary N) is 1. The van der Waals surface area contributed by atoms with Crippen LogP contribution in [0.15, 0.2) is 55.0 Å². The van der Waals surface area contributed by atoms with Crippen molar-refractivity contribution in [1.29, 1.82) is 0 Å². The lowest BCUT2D eigenvalue weighted by atomic mass is 10.2. The SMILES string of the molecule is FC(F)(F)c1cc(Nc2nc(-c3cncc(Cl)c3)nc(-c3cccc(C(F)(F)F)n3)n2)ccn1. The van der Waals surface area contributed by atoms with Crippen LogP contribution < -0.4 is 5.32 Å². The maximum atomic E-state index is 13.1. The Labute approximate surface area is 191 Å². The fraction of sp³-hybridized carbons (Fsp3) is 0.100. The van der Waals surface area contributed by atoms with E-state index in [0.717, 1.165) is 24.4 Å². The van der Waals surface area contributed by atoms with Crippen molar-refractivity contribution in [3.05, 3.63) is 71.4 Å². The molecule has 0 bridgehead atoms. The van der Waals surface area contributed by atoms with Gasteiger partial charge in [0.05, 0.1) is 5.02 Å². The molecule has 4 aromatic heterocycles. The van der Waals surface area contributed by atoms with Crippen LogP contribution in [0.2, 0.25) is 5.02 Å². The highest BCUT2D eigenvalue weighted by atomic mass is 35.5. The van der Waals surface area contributed by atoms with Gasteiger partial charge in [-0.2, -0.15) is 36.3 Å². The molecular formula is C20H10ClF6N7. The predicted molar refractivity (Wildman–Crippen MR) is 109 cm³/mol. The van der Waals surface area contributed by atoms with Gasteiger partial charge in [-0.25, -0.2) is 9.97 Å². The van der Waals surface area contributed by atoms with Crippen LogP contribution in [-0.2, 0) is 12.4 Å². The topological polar surface area (TPSA) is 89.4 Å². The average Bonchev–Trinajstić information content (AvgIpc) is 2.78. The van der Waals surface area contributed by atoms with Gasteiger partial charge in [-0.1, -0.05) is 17.7 Å². The normalized spacial score (nSPS) is 12.0. The molecule has 0 aromatic carbocycles. The van der Waals surface area contributed by atoms with Gasteiger partial charge >= 0.3 is 12.4 Å². The highest BCUT2D eigenvalue weighted by molar-refractivity contribution is 6.30. The minimum Gasteiger partial charge on any atom is -0.324 e. The average molecular weight is 498 g/mol. The van der Waals surface area contributed by atoms with Gasteiger partial charge in [-0.3, -0.25) is 9.97 Å². The molecule has 0 aliphatic carbocycles. The van der Waals surface area contributed by atoms with E-state index in [9.17, 15) is 26.3 Å². The molecule has 0 amide bonds. The molecule has 0 radical (unpaired) electrons. The Morgan fingerprint density at radius 2 is 1.50 bits per heavy atom. The Morgan fingerprint density at radius 1 is 0.765 bits per heavy atom. The zero-order valence-corrected chi connectivity index (χ0v) is 17.3. The number of hydrogen-bond donors (Lipinski definition) is 1. The standard InChI is InChI=1S/C20H10ClF6N7/c21-11-6-10(8-28-9-11)16-32-17(13-2-1-3-14(31-13)19(22,23)24)34-18(33-16)30-12-4-5-29-15(7-12)20(25,26)27/h1-9H,(H,29,30,32,33,34). The van der Waals surface area contributed by atoms with Gasteiger partial charge in [0.1, 0.15) is 17.1 Å². The van der Waals surface area contributed by atoms with Crippen molar-refractivity contribution >= 4 is 23.2 Å². The molecule has 0 saturated heterocycles. The molecule has 4 heterocycles. The monoisotopic (exact) mass is 497 g/mol. The highest BCUT2D eigenvalue weighted by Gasteiger charge is 2.33. The third-order valence-electron chi connectivity index (χ3n) is 4.17. The number of aromatic nitrogens is 6. The first-order chi connectivity index (χ1) is 16.0. The van der Waals surface area contributed by atoms with Gasteiger partial charge in [0, 0.05) is 29.8 Å². The van der Waals surface area contributed by atoms with Gasteiger partial charge in [-0.05, 0) is 30.3 Å². The predicted octanol–water partition coefficient (Wildman–Crippen LogP) is 5.83. The van der Waals surface area contributed by atoms with Crippen LogP contribution >= 0.6 is 11.6 Å². The quantitative estimate of drug-likeness (QED) is 0.355. The fourth-order valence-corrected chi connectivity index (χ4v) is 2.89. The van der Waals surface area contributed by atoms with Crippen molar-refractivity contribution in [2.45, 2.75) is 12.4 Å². The van der Waals surface area contributed by atoms with E-state index in [0.29, 0.717) is 0 Å². The van der Waals surface area contributed by atoms with Crippen LogP contribution in [0, 0.1) is 0 Å². The van der Waals surface area contributed by atoms with E-state index < -0.39 is 23.7 Å². The van der Waals surface area contributed by atoms with Crippen molar-refractivity contribution < 1.29 is 26.3 Å². The molecule has 0 spiro atoms. The van der Waals surface area contributed by atoms with Gasteiger partial charge in [0.15, 0.2) is 11.6 Å². The second kappa shape index (κ2) is 8.82. The van der Waals surface area contributed by atoms with Crippen molar-refractivity contribution in [1.82, 2.24) is 29.9 Å². The van der Waals surface area contributed by atoms with E-state index in [-0.39, 0.29) is 39.6 Å². The third-order valence-corrected chi connectivity index (χ3v) is 4.38. The molecule has 4 aromatic rings. The van der Waals surface area contributed by atoms with Crippen LogP contribution in [-0.4, -0.2) is 29.9 Å². The first-order valence-corrected chi connectivity index (χ1v) is 9.59. The Bertz CT molecular complexity index is 1340. The summed E-state index contributed by atoms with van der Waals surface area (Å²) in [7, 11) is 0. The lowest BCUT2D eigenvalue weighted by Gasteiger charge is -2.12. The molecule has 4 rings (SSSR count). The van der Waals surface area contributed by atoms with Crippen LogP contribution in [0.1, 0.15) is 11.4 Å². The van der Waals surface area contributed by atoms with Crippen molar-refractivity contribution in [2.75, 3.05) is 5.32 Å². The first-order valence-electron chi connectivity index (χ1n) is 9.21. The Balaban J connectivity index is 1.82. The second-order valence-electron chi connectivity index (χ2n) is 6.66. The molecule has 34 heavy (non-hydrogen) atoms. The van der Waals surface area contributed by atoms with E-state index >= 15 is 0 Å². The van der Waals surface area contributed by atoms with Crippen molar-refractivity contribution in [3.8, 4) is 22.9 Å². The van der Waals surface area contributed by atoms with E-state index in [1.807, 2.05) is 0 Å². The summed E-state index contributed by atoms with van der Waals surface area (Å²) in [6, 6.07) is 6.57. The fourth-order valence-electron chi connectivity index (χ4n) is 2.72. The van der Waals surface area contributed by atoms with E-state index in [1.54, 1.807) is 0 Å². The van der Waals surface area contributed by atoms with Gasteiger partial charge in [-0.15, -0.1) is 0 Å². The summed E-state index contributed by atoms with van der Waals surface area (Å²) in [5, 5.41) is 2.82. The number of anilines is 2. The van der Waals surface area contributed by atoms with E-state index in [2.05, 4.69) is 35.2 Å². The van der Waals surface area contributed by atoms with Gasteiger partial charge < -0.3 is 5.32 Å². The minimum absolute atomic E-state index is 0.0492. The van der Waals surface area contributed by atoms with E-state index in [4.69, 9.17) is 11.6 Å². The summed E-state index contributed by atoms with van der Waals surface area (Å²) in [6.07, 6.45) is -5.78. The smallest absolute Gasteiger partial charge is 0.324 e. The van der Waals surface area contributed by atoms with Crippen LogP contribution in [0.3, 0.4) is 0 Å². The van der Waals surface area contributed by atoms with Crippen LogP contribution in [0.4, 0.5) is 38.0 Å². The summed E-state index contributed by atoms with van der Waals surface area (Å²) < 4.78 is 78.4. The molecule has 14 heteroatoms. The van der Waals surface area contributed by atoms with Crippen molar-refractivity contribution in [3.63, 3.8) is 0 Å². The summed E-state index contributed by atoms with van der Waals surface area (Å²) in [4.78, 5) is 23.1. The summed E-state index contributed by atoms with van der Waals surface area (Å²) >= 11 is 5.95. The molecule has 174 valence electrons. The molecule has 0 atom stereocenters. The largest absolute Gasteiger partial charge is 0.433 e. The lowest BCUT2D eigenvalue weighted by molar-refractivity contribution is -0.141. The Hall–Kier alpha value is -3.87. The third kappa shape index (κ3) is 5.36. The molecule has 0 unspecified atom stereocenters. The summed E-state index contributed by atoms with van der Waals surface area (Å²) in [5.41, 5.74) is -2.34. The number of hydrogen-bond acceptors (Lipinski definition) is 7. The summed E-state index contributed by atoms with van der Waals surface area (Å²) in [6.45, 7) is 0. The minimum atomic E-state index is -4.71. The van der Waals surface area contributed by atoms with Crippen LogP contribution in [0.25, 0.3) is 22.9 Å². The molecule has 0 aliphatic heterocycles. The molecule has 0 saturated carbocycles. The zero-order chi connectivity index (χ0) is 24.5. The van der Waals surface area contributed by atoms with Crippen molar-refractivity contribution in [2.24, 2.45) is 0 Å². The number of nitrogens with zero attached hydrogens (tertiary/aromatic N) is 6. The Morgan fingerprint density at radius 3 is 2.21 bits per heavy atom. The zero-order valence-electron chi connectivity index (χ0n) is 16.5. The first kappa shape index (κ1) is 23.3. The number of rotatable bonds is 4. The number of halogens is 7.